The minimum atomic E-state index is -1.63. The molecule has 0 unspecified atom stereocenters. The van der Waals surface area contributed by atoms with Crippen molar-refractivity contribution in [2.75, 3.05) is 6.61 Å². The molecule has 6 N–H and O–H groups in total. The van der Waals surface area contributed by atoms with Gasteiger partial charge in [0.15, 0.2) is 12.6 Å². The van der Waals surface area contributed by atoms with E-state index >= 15 is 0 Å². The van der Waals surface area contributed by atoms with Crippen LogP contribution in [-0.2, 0) is 18.9 Å². The van der Waals surface area contributed by atoms with Crippen molar-refractivity contribution in [2.24, 2.45) is 52.3 Å². The molecule has 0 bridgehead atoms. The summed E-state index contributed by atoms with van der Waals surface area (Å²) in [5.74, 6) is 5.39. The fraction of sp³-hybridized carbons (Fsp3) is 0.950. The van der Waals surface area contributed by atoms with E-state index in [2.05, 4.69) is 47.6 Å². The van der Waals surface area contributed by atoms with Crippen molar-refractivity contribution in [3.8, 4) is 0 Å². The second-order valence-electron chi connectivity index (χ2n) is 18.3. The number of ether oxygens (including phenoxy) is 4. The molecule has 6 aliphatic rings. The summed E-state index contributed by atoms with van der Waals surface area (Å²) in [4.78, 5) is 0. The molecule has 0 spiro atoms. The normalized spacial score (nSPS) is 50.6. The van der Waals surface area contributed by atoms with E-state index in [-0.39, 0.29) is 11.5 Å². The molecular weight excluding hydrogens is 640 g/mol. The average Bonchev–Trinajstić information content (AvgIpc) is 3.45. The first kappa shape index (κ1) is 39.0. The fourth-order valence-electron chi connectivity index (χ4n) is 11.6. The second-order valence-corrected chi connectivity index (χ2v) is 18.3. The predicted octanol–water partition coefficient (Wildman–Crippen LogP) is 4.31. The second kappa shape index (κ2) is 15.2. The number of aliphatic hydroxyl groups excluding tert-OH is 6. The Morgan fingerprint density at radius 2 is 1.50 bits per heavy atom. The van der Waals surface area contributed by atoms with E-state index in [1.165, 1.54) is 44.1 Å². The van der Waals surface area contributed by atoms with Crippen LogP contribution in [0.1, 0.15) is 113 Å². The SMILES string of the molecule is CC(C)[C@H](C)CC[C@@H](C)[C@H]1CC[C@H]2[C@@H]3CC=C4C[C@@H](O[C@H]5O[C@@H](C)[C@@H](O[C@H]6O[C@H](CO)[C@@H](O)[C@H](O)[C@H]6O)[C@H](O)[C@@H]5O)CC[C@]4(C)[C@H]3CC[C@]12C. The molecule has 0 aromatic heterocycles. The Labute approximate surface area is 299 Å². The maximum atomic E-state index is 11.1. The number of hydrogen-bond donors (Lipinski definition) is 6. The Morgan fingerprint density at radius 3 is 2.20 bits per heavy atom. The number of hydrogen-bond acceptors (Lipinski definition) is 10. The van der Waals surface area contributed by atoms with E-state index in [0.717, 1.165) is 61.2 Å². The van der Waals surface area contributed by atoms with Gasteiger partial charge in [0.25, 0.3) is 0 Å². The first-order chi connectivity index (χ1) is 23.6. The summed E-state index contributed by atoms with van der Waals surface area (Å²) in [6.07, 6.45) is 1.15. The maximum Gasteiger partial charge on any atom is 0.187 e. The molecule has 0 radical (unpaired) electrons. The summed E-state index contributed by atoms with van der Waals surface area (Å²) in [6, 6.07) is 0. The largest absolute Gasteiger partial charge is 0.394 e. The molecule has 6 rings (SSSR count). The summed E-state index contributed by atoms with van der Waals surface area (Å²) < 4.78 is 23.7. The quantitative estimate of drug-likeness (QED) is 0.181. The Bertz CT molecular complexity index is 1180. The lowest BCUT2D eigenvalue weighted by Crippen LogP contribution is -2.64. The van der Waals surface area contributed by atoms with Crippen LogP contribution in [0.4, 0.5) is 0 Å². The molecule has 2 heterocycles. The van der Waals surface area contributed by atoms with Crippen LogP contribution >= 0.6 is 0 Å². The van der Waals surface area contributed by atoms with E-state index in [1.807, 2.05) is 0 Å². The van der Waals surface area contributed by atoms with E-state index in [4.69, 9.17) is 18.9 Å². The van der Waals surface area contributed by atoms with Gasteiger partial charge in [-0.15, -0.1) is 0 Å². The highest BCUT2D eigenvalue weighted by molar-refractivity contribution is 5.25. The van der Waals surface area contributed by atoms with Crippen LogP contribution in [0, 0.1) is 52.3 Å². The van der Waals surface area contributed by atoms with Gasteiger partial charge in [-0.05, 0) is 111 Å². The smallest absolute Gasteiger partial charge is 0.187 e. The van der Waals surface area contributed by atoms with E-state index in [9.17, 15) is 30.6 Å². The number of allylic oxidation sites excluding steroid dienone is 1. The molecule has 5 fully saturated rings. The van der Waals surface area contributed by atoms with Gasteiger partial charge in [-0.3, -0.25) is 0 Å². The molecule has 0 aromatic carbocycles. The van der Waals surface area contributed by atoms with Crippen molar-refractivity contribution in [1.29, 1.82) is 0 Å². The number of fused-ring (bicyclic) bond motifs is 5. The topological polar surface area (TPSA) is 158 Å². The Balaban J connectivity index is 1.06. The highest BCUT2D eigenvalue weighted by Gasteiger charge is 2.59. The lowest BCUT2D eigenvalue weighted by molar-refractivity contribution is -0.359. The first-order valence-electron chi connectivity index (χ1n) is 19.9. The fourth-order valence-corrected chi connectivity index (χ4v) is 11.6. The van der Waals surface area contributed by atoms with Crippen LogP contribution in [0.5, 0.6) is 0 Å². The van der Waals surface area contributed by atoms with Crippen molar-refractivity contribution in [1.82, 2.24) is 0 Å². The van der Waals surface area contributed by atoms with Crippen LogP contribution in [0.3, 0.4) is 0 Å². The zero-order valence-electron chi connectivity index (χ0n) is 31.6. The third kappa shape index (κ3) is 7.02. The monoisotopic (exact) mass is 708 g/mol. The Kier molecular flexibility index (Phi) is 11.9. The molecule has 19 atom stereocenters. The van der Waals surface area contributed by atoms with Crippen LogP contribution < -0.4 is 0 Å². The van der Waals surface area contributed by atoms with Gasteiger partial charge < -0.3 is 49.6 Å². The van der Waals surface area contributed by atoms with Gasteiger partial charge in [-0.25, -0.2) is 0 Å². The third-order valence-electron chi connectivity index (χ3n) is 15.3. The van der Waals surface area contributed by atoms with Crippen LogP contribution in [0.2, 0.25) is 0 Å². The van der Waals surface area contributed by atoms with E-state index < -0.39 is 68.0 Å². The number of rotatable bonds is 10. The van der Waals surface area contributed by atoms with Gasteiger partial charge in [0.05, 0.1) is 18.8 Å². The molecule has 10 nitrogen and oxygen atoms in total. The zero-order valence-corrected chi connectivity index (χ0v) is 31.6. The molecule has 3 saturated carbocycles. The summed E-state index contributed by atoms with van der Waals surface area (Å²) in [6.45, 7) is 15.9. The zero-order chi connectivity index (χ0) is 36.3. The molecule has 0 amide bonds. The van der Waals surface area contributed by atoms with Gasteiger partial charge in [0.1, 0.15) is 42.7 Å². The van der Waals surface area contributed by atoms with Crippen molar-refractivity contribution < 1.29 is 49.6 Å². The Hall–Kier alpha value is -0.660. The molecule has 10 heteroatoms. The molecule has 0 aromatic rings. The molecule has 288 valence electrons. The van der Waals surface area contributed by atoms with Crippen LogP contribution in [0.15, 0.2) is 11.6 Å². The molecule has 2 saturated heterocycles. The summed E-state index contributed by atoms with van der Waals surface area (Å²) >= 11 is 0. The standard InChI is InChI=1S/C40H68O10/c1-20(2)21(3)8-9-22(4)27-12-13-28-26-11-10-24-18-25(14-16-39(24,6)29(26)15-17-40(27,28)7)48-37-35(46)33(44)36(23(5)47-37)50-38-34(45)32(43)31(42)30(19-41)49-38/h10,20-23,25-38,41-46H,8-9,11-19H2,1-7H3/t21-,22-,23+,25+,26+,27-,28+,29+,30-,31-,32+,33-,34-,35+,36-,37-,38-,39+,40-/m1/s1. The van der Waals surface area contributed by atoms with Gasteiger partial charge in [0.2, 0.25) is 0 Å². The van der Waals surface area contributed by atoms with Crippen molar-refractivity contribution in [2.45, 2.75) is 180 Å². The van der Waals surface area contributed by atoms with E-state index in [1.54, 1.807) is 6.92 Å². The average molecular weight is 709 g/mol. The van der Waals surface area contributed by atoms with Crippen LogP contribution in [-0.4, -0.2) is 105 Å². The van der Waals surface area contributed by atoms with Crippen molar-refractivity contribution in [3.63, 3.8) is 0 Å². The van der Waals surface area contributed by atoms with Crippen LogP contribution in [0.25, 0.3) is 0 Å². The van der Waals surface area contributed by atoms with Gasteiger partial charge in [0, 0.05) is 0 Å². The molecular formula is C40H68O10. The lowest BCUT2D eigenvalue weighted by atomic mass is 9.47. The maximum absolute atomic E-state index is 11.1. The lowest BCUT2D eigenvalue weighted by Gasteiger charge is -2.58. The molecule has 50 heavy (non-hydrogen) atoms. The highest BCUT2D eigenvalue weighted by atomic mass is 16.7. The summed E-state index contributed by atoms with van der Waals surface area (Å²) in [5, 5.41) is 62.4. The van der Waals surface area contributed by atoms with Gasteiger partial charge in [-0.2, -0.15) is 0 Å². The van der Waals surface area contributed by atoms with Gasteiger partial charge >= 0.3 is 0 Å². The first-order valence-corrected chi connectivity index (χ1v) is 19.9. The highest BCUT2D eigenvalue weighted by Crippen LogP contribution is 2.67. The minimum Gasteiger partial charge on any atom is -0.394 e. The summed E-state index contributed by atoms with van der Waals surface area (Å²) in [7, 11) is 0. The predicted molar refractivity (Wildman–Crippen MR) is 187 cm³/mol. The Morgan fingerprint density at radius 1 is 0.800 bits per heavy atom. The molecule has 2 aliphatic heterocycles. The summed E-state index contributed by atoms with van der Waals surface area (Å²) in [5.41, 5.74) is 2.08. The third-order valence-corrected chi connectivity index (χ3v) is 15.3. The molecule has 4 aliphatic carbocycles. The van der Waals surface area contributed by atoms with Crippen molar-refractivity contribution >= 4 is 0 Å². The van der Waals surface area contributed by atoms with Gasteiger partial charge in [-0.1, -0.05) is 66.0 Å². The van der Waals surface area contributed by atoms with E-state index in [0.29, 0.717) is 11.3 Å². The minimum absolute atomic E-state index is 0.147. The van der Waals surface area contributed by atoms with Crippen molar-refractivity contribution in [3.05, 3.63) is 11.6 Å². The number of aliphatic hydroxyl groups is 6.